The molecule has 0 saturated heterocycles. The van der Waals surface area contributed by atoms with E-state index >= 15 is 0 Å². The number of ether oxygens (including phenoxy) is 1. The van der Waals surface area contributed by atoms with Gasteiger partial charge in [-0.1, -0.05) is 42.5 Å². The second-order valence-electron chi connectivity index (χ2n) is 6.56. The maximum atomic E-state index is 11.6. The average Bonchev–Trinajstić information content (AvgIpc) is 2.76. The number of nitrogens with one attached hydrogen (secondary N) is 2. The minimum absolute atomic E-state index is 0.0127. The summed E-state index contributed by atoms with van der Waals surface area (Å²) in [4.78, 5) is 20.4. The fourth-order valence-electron chi connectivity index (χ4n) is 2.85. The zero-order chi connectivity index (χ0) is 20.8. The molecule has 4 aromatic rings. The highest BCUT2D eigenvalue weighted by Crippen LogP contribution is 2.30. The van der Waals surface area contributed by atoms with E-state index in [-0.39, 0.29) is 5.78 Å². The van der Waals surface area contributed by atoms with Crippen molar-refractivity contribution in [3.63, 3.8) is 0 Å². The number of benzene rings is 3. The predicted octanol–water partition coefficient (Wildman–Crippen LogP) is 5.96. The Balaban J connectivity index is 1.53. The molecule has 0 bridgehead atoms. The van der Waals surface area contributed by atoms with Crippen molar-refractivity contribution in [2.24, 2.45) is 0 Å². The Bertz CT molecular complexity index is 1160. The molecule has 0 unspecified atom stereocenters. The number of rotatable bonds is 7. The Labute approximate surface area is 174 Å². The Morgan fingerprint density at radius 2 is 1.67 bits per heavy atom. The van der Waals surface area contributed by atoms with Gasteiger partial charge in [-0.2, -0.15) is 4.98 Å². The molecule has 0 aliphatic carbocycles. The standard InChI is InChI=1S/C24H20N4O2/c1-17(29)18-8-7-9-19(16-18)26-23-14-15-25-24(28-23)27-21-12-5-6-13-22(21)30-20-10-3-2-4-11-20/h2-16H,1H3,(H2,25,26,27,28). The van der Waals surface area contributed by atoms with Crippen molar-refractivity contribution in [3.05, 3.63) is 96.7 Å². The molecule has 30 heavy (non-hydrogen) atoms. The number of carbonyl (C=O) groups is 1. The van der Waals surface area contributed by atoms with Crippen LogP contribution in [0.15, 0.2) is 91.1 Å². The van der Waals surface area contributed by atoms with Crippen LogP contribution in [0.5, 0.6) is 11.5 Å². The van der Waals surface area contributed by atoms with Crippen LogP contribution in [0.2, 0.25) is 0 Å². The lowest BCUT2D eigenvalue weighted by Crippen LogP contribution is -2.02. The van der Waals surface area contributed by atoms with E-state index in [1.54, 1.807) is 31.3 Å². The number of ketones is 1. The molecule has 3 aromatic carbocycles. The van der Waals surface area contributed by atoms with Crippen LogP contribution in [-0.2, 0) is 0 Å². The highest BCUT2D eigenvalue weighted by molar-refractivity contribution is 5.95. The molecule has 148 valence electrons. The summed E-state index contributed by atoms with van der Waals surface area (Å²) in [5.41, 5.74) is 2.16. The SMILES string of the molecule is CC(=O)c1cccc(Nc2ccnc(Nc3ccccc3Oc3ccccc3)n2)c1. The minimum atomic E-state index is 0.0127. The average molecular weight is 396 g/mol. The van der Waals surface area contributed by atoms with Gasteiger partial charge < -0.3 is 15.4 Å². The van der Waals surface area contributed by atoms with E-state index in [0.717, 1.165) is 17.1 Å². The minimum Gasteiger partial charge on any atom is -0.455 e. The van der Waals surface area contributed by atoms with Crippen LogP contribution in [0.3, 0.4) is 0 Å². The molecule has 1 aromatic heterocycles. The number of aromatic nitrogens is 2. The second-order valence-corrected chi connectivity index (χ2v) is 6.56. The molecule has 0 aliphatic heterocycles. The van der Waals surface area contributed by atoms with Crippen molar-refractivity contribution in [1.29, 1.82) is 0 Å². The van der Waals surface area contributed by atoms with Gasteiger partial charge in [0.15, 0.2) is 11.5 Å². The molecule has 0 aliphatic rings. The quantitative estimate of drug-likeness (QED) is 0.376. The molecule has 0 spiro atoms. The lowest BCUT2D eigenvalue weighted by Gasteiger charge is -2.13. The van der Waals surface area contributed by atoms with Crippen LogP contribution in [0.4, 0.5) is 23.1 Å². The van der Waals surface area contributed by atoms with Crippen molar-refractivity contribution in [1.82, 2.24) is 9.97 Å². The Hall–Kier alpha value is -4.19. The molecule has 0 radical (unpaired) electrons. The molecule has 0 fully saturated rings. The maximum absolute atomic E-state index is 11.6. The Kier molecular flexibility index (Phi) is 5.66. The van der Waals surface area contributed by atoms with Gasteiger partial charge >= 0.3 is 0 Å². The number of Topliss-reactive ketones (excluding diaryl/α,β-unsaturated/α-hetero) is 1. The monoisotopic (exact) mass is 396 g/mol. The third kappa shape index (κ3) is 4.80. The number of nitrogens with zero attached hydrogens (tertiary/aromatic N) is 2. The summed E-state index contributed by atoms with van der Waals surface area (Å²) in [6.45, 7) is 1.54. The molecular formula is C24H20N4O2. The van der Waals surface area contributed by atoms with Crippen molar-refractivity contribution >= 4 is 28.9 Å². The number of hydrogen-bond donors (Lipinski definition) is 2. The largest absolute Gasteiger partial charge is 0.455 e. The van der Waals surface area contributed by atoms with E-state index in [0.29, 0.717) is 23.1 Å². The zero-order valence-corrected chi connectivity index (χ0v) is 16.4. The van der Waals surface area contributed by atoms with Crippen LogP contribution in [-0.4, -0.2) is 15.8 Å². The lowest BCUT2D eigenvalue weighted by atomic mass is 10.1. The summed E-state index contributed by atoms with van der Waals surface area (Å²) >= 11 is 0. The summed E-state index contributed by atoms with van der Waals surface area (Å²) in [5, 5.41) is 6.41. The van der Waals surface area contributed by atoms with Gasteiger partial charge in [0, 0.05) is 17.4 Å². The smallest absolute Gasteiger partial charge is 0.229 e. The molecule has 4 rings (SSSR count). The third-order valence-electron chi connectivity index (χ3n) is 4.30. The first-order valence-corrected chi connectivity index (χ1v) is 9.47. The summed E-state index contributed by atoms with van der Waals surface area (Å²) in [6.07, 6.45) is 1.66. The molecule has 6 nitrogen and oxygen atoms in total. The molecule has 0 saturated carbocycles. The van der Waals surface area contributed by atoms with E-state index in [1.807, 2.05) is 66.7 Å². The fraction of sp³-hybridized carbons (Fsp3) is 0.0417. The van der Waals surface area contributed by atoms with Crippen LogP contribution < -0.4 is 15.4 Å². The van der Waals surface area contributed by atoms with Crippen molar-refractivity contribution in [2.75, 3.05) is 10.6 Å². The zero-order valence-electron chi connectivity index (χ0n) is 16.4. The van der Waals surface area contributed by atoms with Crippen LogP contribution in [0, 0.1) is 0 Å². The van der Waals surface area contributed by atoms with E-state index in [1.165, 1.54) is 0 Å². The van der Waals surface area contributed by atoms with Gasteiger partial charge in [0.25, 0.3) is 0 Å². The lowest BCUT2D eigenvalue weighted by molar-refractivity contribution is 0.101. The fourth-order valence-corrected chi connectivity index (χ4v) is 2.85. The number of carbonyl (C=O) groups excluding carboxylic acids is 1. The highest BCUT2D eigenvalue weighted by Gasteiger charge is 2.08. The van der Waals surface area contributed by atoms with Gasteiger partial charge in [0.1, 0.15) is 11.6 Å². The number of para-hydroxylation sites is 3. The molecule has 2 N–H and O–H groups in total. The van der Waals surface area contributed by atoms with Crippen LogP contribution in [0.25, 0.3) is 0 Å². The highest BCUT2D eigenvalue weighted by atomic mass is 16.5. The molecule has 0 amide bonds. The Morgan fingerprint density at radius 3 is 2.50 bits per heavy atom. The topological polar surface area (TPSA) is 76.1 Å². The van der Waals surface area contributed by atoms with Gasteiger partial charge in [0.05, 0.1) is 5.69 Å². The van der Waals surface area contributed by atoms with E-state index in [4.69, 9.17) is 4.74 Å². The van der Waals surface area contributed by atoms with Crippen molar-refractivity contribution < 1.29 is 9.53 Å². The second kappa shape index (κ2) is 8.87. The van der Waals surface area contributed by atoms with Gasteiger partial charge in [0.2, 0.25) is 5.95 Å². The molecule has 1 heterocycles. The van der Waals surface area contributed by atoms with Gasteiger partial charge in [-0.05, 0) is 49.4 Å². The van der Waals surface area contributed by atoms with Gasteiger partial charge in [-0.15, -0.1) is 0 Å². The van der Waals surface area contributed by atoms with E-state index in [9.17, 15) is 4.79 Å². The first-order valence-electron chi connectivity index (χ1n) is 9.47. The Morgan fingerprint density at radius 1 is 0.867 bits per heavy atom. The molecule has 6 heteroatoms. The normalized spacial score (nSPS) is 10.3. The predicted molar refractivity (Wildman–Crippen MR) is 118 cm³/mol. The van der Waals surface area contributed by atoms with Gasteiger partial charge in [-0.25, -0.2) is 4.98 Å². The number of anilines is 4. The maximum Gasteiger partial charge on any atom is 0.229 e. The van der Waals surface area contributed by atoms with Crippen LogP contribution in [0.1, 0.15) is 17.3 Å². The third-order valence-corrected chi connectivity index (χ3v) is 4.30. The summed E-state index contributed by atoms with van der Waals surface area (Å²) in [5.74, 6) is 2.45. The first kappa shape index (κ1) is 19.1. The van der Waals surface area contributed by atoms with E-state index < -0.39 is 0 Å². The van der Waals surface area contributed by atoms with Crippen molar-refractivity contribution in [2.45, 2.75) is 6.92 Å². The summed E-state index contributed by atoms with van der Waals surface area (Å²) in [7, 11) is 0. The number of hydrogen-bond acceptors (Lipinski definition) is 6. The molecule has 0 atom stereocenters. The first-order chi connectivity index (χ1) is 14.7. The molecular weight excluding hydrogens is 376 g/mol. The van der Waals surface area contributed by atoms with Crippen LogP contribution >= 0.6 is 0 Å². The summed E-state index contributed by atoms with van der Waals surface area (Å²) in [6, 6.07) is 26.2. The summed E-state index contributed by atoms with van der Waals surface area (Å²) < 4.78 is 5.98. The van der Waals surface area contributed by atoms with E-state index in [2.05, 4.69) is 20.6 Å². The van der Waals surface area contributed by atoms with Gasteiger partial charge in [-0.3, -0.25) is 4.79 Å². The van der Waals surface area contributed by atoms with Crippen molar-refractivity contribution in [3.8, 4) is 11.5 Å².